The smallest absolute Gasteiger partial charge is 0.233 e. The number of nitrogen functional groups attached to an aromatic ring is 1. The molecule has 0 spiro atoms. The van der Waals surface area contributed by atoms with E-state index in [9.17, 15) is 4.79 Å². The Morgan fingerprint density at radius 2 is 1.75 bits per heavy atom. The Kier molecular flexibility index (Phi) is 3.42. The van der Waals surface area contributed by atoms with Crippen LogP contribution in [0.1, 0.15) is 25.3 Å². The number of carbonyl (C=O) groups excluding carboxylic acids is 1. The molecule has 1 aliphatic carbocycles. The minimum absolute atomic E-state index is 0.248. The zero-order valence-corrected chi connectivity index (χ0v) is 12.1. The molecule has 1 amide bonds. The number of rotatable bonds is 3. The van der Waals surface area contributed by atoms with E-state index in [4.69, 9.17) is 5.73 Å². The Balaban J connectivity index is 1.72. The molecule has 20 heavy (non-hydrogen) atoms. The van der Waals surface area contributed by atoms with Crippen LogP contribution in [0.2, 0.25) is 0 Å². The molecule has 4 nitrogen and oxygen atoms in total. The lowest BCUT2D eigenvalue weighted by atomic mass is 9.93. The normalized spacial score (nSPS) is 21.8. The summed E-state index contributed by atoms with van der Waals surface area (Å²) in [7, 11) is 0. The lowest BCUT2D eigenvalue weighted by Crippen LogP contribution is -2.51. The monoisotopic (exact) mass is 273 g/mol. The fourth-order valence-corrected chi connectivity index (χ4v) is 3.12. The van der Waals surface area contributed by atoms with Crippen LogP contribution < -0.4 is 5.73 Å². The number of hydrogen-bond acceptors (Lipinski definition) is 3. The number of nitrogens with zero attached hydrogens (tertiary/aromatic N) is 2. The van der Waals surface area contributed by atoms with Crippen molar-refractivity contribution in [3.8, 4) is 0 Å². The summed E-state index contributed by atoms with van der Waals surface area (Å²) in [6.07, 6.45) is 1.95. The second-order valence-corrected chi connectivity index (χ2v) is 5.93. The summed E-state index contributed by atoms with van der Waals surface area (Å²) in [6, 6.07) is 7.83. The van der Waals surface area contributed by atoms with Gasteiger partial charge in [0.1, 0.15) is 0 Å². The van der Waals surface area contributed by atoms with Crippen LogP contribution in [0.15, 0.2) is 24.3 Å². The Morgan fingerprint density at radius 3 is 2.25 bits per heavy atom. The van der Waals surface area contributed by atoms with Crippen LogP contribution in [-0.4, -0.2) is 48.4 Å². The van der Waals surface area contributed by atoms with E-state index in [1.54, 1.807) is 0 Å². The van der Waals surface area contributed by atoms with Gasteiger partial charge in [-0.25, -0.2) is 0 Å². The second-order valence-electron chi connectivity index (χ2n) is 5.93. The van der Waals surface area contributed by atoms with E-state index in [1.165, 1.54) is 0 Å². The molecule has 2 fully saturated rings. The minimum atomic E-state index is -0.248. The van der Waals surface area contributed by atoms with Crippen LogP contribution in [0, 0.1) is 0 Å². The number of amides is 1. The van der Waals surface area contributed by atoms with Crippen molar-refractivity contribution in [2.75, 3.05) is 38.5 Å². The van der Waals surface area contributed by atoms with E-state index in [1.807, 2.05) is 24.3 Å². The highest BCUT2D eigenvalue weighted by atomic mass is 16.2. The topological polar surface area (TPSA) is 49.6 Å². The number of likely N-dealkylation sites (N-methyl/N-ethyl adjacent to an activating group) is 1. The molecule has 2 N–H and O–H groups in total. The third-order valence-corrected chi connectivity index (χ3v) is 4.73. The van der Waals surface area contributed by atoms with Crippen LogP contribution in [0.3, 0.4) is 0 Å². The first-order valence-corrected chi connectivity index (χ1v) is 7.53. The third-order valence-electron chi connectivity index (χ3n) is 4.73. The largest absolute Gasteiger partial charge is 0.399 e. The predicted octanol–water partition coefficient (Wildman–Crippen LogP) is 1.46. The molecule has 0 bridgehead atoms. The van der Waals surface area contributed by atoms with Gasteiger partial charge in [0.2, 0.25) is 5.91 Å². The summed E-state index contributed by atoms with van der Waals surface area (Å²) in [5.41, 5.74) is 7.38. The van der Waals surface area contributed by atoms with E-state index in [-0.39, 0.29) is 5.41 Å². The molecule has 1 aromatic rings. The molecule has 1 aromatic carbocycles. The molecule has 1 saturated carbocycles. The number of nitrogens with two attached hydrogens (primary N) is 1. The molecule has 0 aromatic heterocycles. The Morgan fingerprint density at radius 1 is 1.15 bits per heavy atom. The molecule has 1 aliphatic heterocycles. The van der Waals surface area contributed by atoms with Gasteiger partial charge in [-0.1, -0.05) is 19.1 Å². The van der Waals surface area contributed by atoms with E-state index < -0.39 is 0 Å². The van der Waals surface area contributed by atoms with Gasteiger partial charge in [-0.05, 0) is 37.1 Å². The summed E-state index contributed by atoms with van der Waals surface area (Å²) < 4.78 is 0. The number of hydrogen-bond donors (Lipinski definition) is 1. The van der Waals surface area contributed by atoms with Crippen LogP contribution in [0.4, 0.5) is 5.69 Å². The number of anilines is 1. The van der Waals surface area contributed by atoms with Gasteiger partial charge in [-0.2, -0.15) is 0 Å². The van der Waals surface area contributed by atoms with Crippen LogP contribution >= 0.6 is 0 Å². The van der Waals surface area contributed by atoms with Crippen molar-refractivity contribution in [3.05, 3.63) is 29.8 Å². The maximum absolute atomic E-state index is 12.8. The Hall–Kier alpha value is -1.55. The molecule has 0 atom stereocenters. The van der Waals surface area contributed by atoms with Crippen molar-refractivity contribution in [2.45, 2.75) is 25.2 Å². The van der Waals surface area contributed by atoms with Crippen LogP contribution in [-0.2, 0) is 10.2 Å². The van der Waals surface area contributed by atoms with Crippen LogP contribution in [0.5, 0.6) is 0 Å². The first-order valence-electron chi connectivity index (χ1n) is 7.53. The zero-order chi connectivity index (χ0) is 14.2. The molecule has 0 unspecified atom stereocenters. The highest BCUT2D eigenvalue weighted by Gasteiger charge is 2.53. The maximum atomic E-state index is 12.8. The lowest BCUT2D eigenvalue weighted by Gasteiger charge is -2.36. The molecule has 1 saturated heterocycles. The van der Waals surface area contributed by atoms with Gasteiger partial charge in [-0.3, -0.25) is 4.79 Å². The Bertz CT molecular complexity index is 485. The molecule has 1 heterocycles. The van der Waals surface area contributed by atoms with Gasteiger partial charge in [0.05, 0.1) is 5.41 Å². The second kappa shape index (κ2) is 5.09. The Labute approximate surface area is 120 Å². The van der Waals surface area contributed by atoms with Crippen molar-refractivity contribution < 1.29 is 4.79 Å². The third kappa shape index (κ3) is 2.29. The molecule has 4 heteroatoms. The number of carbonyl (C=O) groups is 1. The van der Waals surface area contributed by atoms with Gasteiger partial charge >= 0.3 is 0 Å². The van der Waals surface area contributed by atoms with Crippen molar-refractivity contribution in [2.24, 2.45) is 0 Å². The van der Waals surface area contributed by atoms with Gasteiger partial charge in [0.15, 0.2) is 0 Å². The molecule has 0 radical (unpaired) electrons. The first kappa shape index (κ1) is 13.4. The minimum Gasteiger partial charge on any atom is -0.399 e. The van der Waals surface area contributed by atoms with E-state index in [0.29, 0.717) is 5.91 Å². The summed E-state index contributed by atoms with van der Waals surface area (Å²) in [5, 5.41) is 0. The molecular formula is C16H23N3O. The summed E-state index contributed by atoms with van der Waals surface area (Å²) in [5.74, 6) is 0.318. The standard InChI is InChI=1S/C16H23N3O/c1-2-18-9-11-19(12-10-18)15(20)16(7-8-16)13-3-5-14(17)6-4-13/h3-6H,2,7-12,17H2,1H3. The summed E-state index contributed by atoms with van der Waals surface area (Å²) in [4.78, 5) is 17.3. The zero-order valence-electron chi connectivity index (χ0n) is 12.1. The molecule has 108 valence electrons. The fourth-order valence-electron chi connectivity index (χ4n) is 3.12. The number of benzene rings is 1. The van der Waals surface area contributed by atoms with Crippen molar-refractivity contribution >= 4 is 11.6 Å². The van der Waals surface area contributed by atoms with Crippen molar-refractivity contribution in [3.63, 3.8) is 0 Å². The van der Waals surface area contributed by atoms with Gasteiger partial charge in [-0.15, -0.1) is 0 Å². The van der Waals surface area contributed by atoms with Crippen LogP contribution in [0.25, 0.3) is 0 Å². The number of piperazine rings is 1. The van der Waals surface area contributed by atoms with Gasteiger partial charge in [0.25, 0.3) is 0 Å². The average Bonchev–Trinajstić information content (AvgIpc) is 3.29. The van der Waals surface area contributed by atoms with Gasteiger partial charge in [0, 0.05) is 31.9 Å². The molecule has 3 rings (SSSR count). The SMILES string of the molecule is CCN1CCN(C(=O)C2(c3ccc(N)cc3)CC2)CC1. The summed E-state index contributed by atoms with van der Waals surface area (Å²) >= 11 is 0. The van der Waals surface area contributed by atoms with Crippen molar-refractivity contribution in [1.82, 2.24) is 9.80 Å². The predicted molar refractivity (Wildman–Crippen MR) is 80.5 cm³/mol. The molecule has 2 aliphatic rings. The van der Waals surface area contributed by atoms with E-state index in [0.717, 1.165) is 56.8 Å². The molecular weight excluding hydrogens is 250 g/mol. The average molecular weight is 273 g/mol. The van der Waals surface area contributed by atoms with E-state index >= 15 is 0 Å². The first-order chi connectivity index (χ1) is 9.65. The summed E-state index contributed by atoms with van der Waals surface area (Å²) in [6.45, 7) is 6.98. The van der Waals surface area contributed by atoms with Crippen molar-refractivity contribution in [1.29, 1.82) is 0 Å². The maximum Gasteiger partial charge on any atom is 0.233 e. The quantitative estimate of drug-likeness (QED) is 0.848. The highest BCUT2D eigenvalue weighted by Crippen LogP contribution is 2.49. The lowest BCUT2D eigenvalue weighted by molar-refractivity contribution is -0.135. The highest BCUT2D eigenvalue weighted by molar-refractivity contribution is 5.91. The fraction of sp³-hybridized carbons (Fsp3) is 0.562. The van der Waals surface area contributed by atoms with E-state index in [2.05, 4.69) is 16.7 Å². The van der Waals surface area contributed by atoms with Gasteiger partial charge < -0.3 is 15.5 Å².